The highest BCUT2D eigenvalue weighted by Crippen LogP contribution is 2.36. The molecular formula is C11H24N2O. The molecule has 1 aliphatic carbocycles. The van der Waals surface area contributed by atoms with Crippen molar-refractivity contribution in [3.05, 3.63) is 0 Å². The van der Waals surface area contributed by atoms with Crippen molar-refractivity contribution >= 4 is 0 Å². The molecular weight excluding hydrogens is 176 g/mol. The first-order valence-corrected chi connectivity index (χ1v) is 5.78. The molecule has 1 aliphatic rings. The van der Waals surface area contributed by atoms with Crippen LogP contribution in [0.5, 0.6) is 0 Å². The quantitative estimate of drug-likeness (QED) is 0.534. The molecule has 0 heterocycles. The summed E-state index contributed by atoms with van der Waals surface area (Å²) in [6.45, 7) is 4.40. The van der Waals surface area contributed by atoms with Crippen LogP contribution < -0.4 is 11.1 Å². The van der Waals surface area contributed by atoms with E-state index in [-0.39, 0.29) is 5.54 Å². The summed E-state index contributed by atoms with van der Waals surface area (Å²) in [4.78, 5) is 0. The molecule has 3 heteroatoms. The van der Waals surface area contributed by atoms with E-state index in [0.717, 1.165) is 38.3 Å². The molecule has 0 amide bonds. The number of aliphatic hydroxyl groups excluding tert-OH is 1. The van der Waals surface area contributed by atoms with Crippen LogP contribution in [0.4, 0.5) is 0 Å². The molecule has 0 radical (unpaired) electrons. The first-order chi connectivity index (χ1) is 6.72. The number of nitrogens with two attached hydrogens (primary N) is 1. The molecule has 14 heavy (non-hydrogen) atoms. The van der Waals surface area contributed by atoms with E-state index in [1.807, 2.05) is 0 Å². The number of nitrogens with one attached hydrogen (secondary N) is 1. The van der Waals surface area contributed by atoms with Crippen LogP contribution in [0.1, 0.15) is 39.0 Å². The molecule has 1 fully saturated rings. The van der Waals surface area contributed by atoms with Gasteiger partial charge in [0.1, 0.15) is 0 Å². The van der Waals surface area contributed by atoms with Crippen LogP contribution >= 0.6 is 0 Å². The van der Waals surface area contributed by atoms with Crippen molar-refractivity contribution < 1.29 is 5.11 Å². The summed E-state index contributed by atoms with van der Waals surface area (Å²) in [7, 11) is 0. The van der Waals surface area contributed by atoms with Crippen LogP contribution in [0.2, 0.25) is 0 Å². The van der Waals surface area contributed by atoms with Gasteiger partial charge in [-0.15, -0.1) is 0 Å². The van der Waals surface area contributed by atoms with Crippen molar-refractivity contribution in [3.8, 4) is 0 Å². The van der Waals surface area contributed by atoms with Gasteiger partial charge in [-0.3, -0.25) is 0 Å². The molecule has 0 spiro atoms. The predicted molar refractivity (Wildman–Crippen MR) is 59.1 cm³/mol. The maximum Gasteiger partial charge on any atom is 0.0431 e. The fourth-order valence-corrected chi connectivity index (χ4v) is 2.42. The molecule has 84 valence electrons. The van der Waals surface area contributed by atoms with E-state index in [9.17, 15) is 0 Å². The van der Waals surface area contributed by atoms with Crippen LogP contribution in [0, 0.1) is 5.92 Å². The summed E-state index contributed by atoms with van der Waals surface area (Å²) in [5.41, 5.74) is 6.02. The van der Waals surface area contributed by atoms with E-state index in [1.54, 1.807) is 0 Å². The van der Waals surface area contributed by atoms with Gasteiger partial charge in [0.05, 0.1) is 0 Å². The van der Waals surface area contributed by atoms with Crippen LogP contribution in [0.25, 0.3) is 0 Å². The molecule has 0 bridgehead atoms. The van der Waals surface area contributed by atoms with Gasteiger partial charge >= 0.3 is 0 Å². The van der Waals surface area contributed by atoms with E-state index >= 15 is 0 Å². The van der Waals surface area contributed by atoms with Crippen molar-refractivity contribution in [2.45, 2.75) is 44.6 Å². The van der Waals surface area contributed by atoms with Crippen molar-refractivity contribution in [1.82, 2.24) is 5.32 Å². The first-order valence-electron chi connectivity index (χ1n) is 5.78. The van der Waals surface area contributed by atoms with Crippen molar-refractivity contribution in [2.24, 2.45) is 11.7 Å². The maximum atomic E-state index is 8.62. The molecule has 1 rings (SSSR count). The Morgan fingerprint density at radius 3 is 2.57 bits per heavy atom. The Hall–Kier alpha value is -0.120. The van der Waals surface area contributed by atoms with Gasteiger partial charge in [0.25, 0.3) is 0 Å². The van der Waals surface area contributed by atoms with E-state index < -0.39 is 0 Å². The summed E-state index contributed by atoms with van der Waals surface area (Å²) in [5.74, 6) is 0.837. The molecule has 0 aliphatic heterocycles. The van der Waals surface area contributed by atoms with Crippen molar-refractivity contribution in [1.29, 1.82) is 0 Å². The van der Waals surface area contributed by atoms with Gasteiger partial charge in [-0.2, -0.15) is 0 Å². The third-order valence-corrected chi connectivity index (χ3v) is 3.20. The zero-order valence-corrected chi connectivity index (χ0v) is 9.26. The smallest absolute Gasteiger partial charge is 0.0431 e. The molecule has 0 saturated heterocycles. The van der Waals surface area contributed by atoms with Gasteiger partial charge in [0.2, 0.25) is 0 Å². The van der Waals surface area contributed by atoms with Crippen molar-refractivity contribution in [3.63, 3.8) is 0 Å². The average molecular weight is 200 g/mol. The monoisotopic (exact) mass is 200 g/mol. The lowest BCUT2D eigenvalue weighted by molar-refractivity contribution is 0.123. The SMILES string of the molecule is CC1CC(CN)(NCCCCCO)C1. The van der Waals surface area contributed by atoms with Gasteiger partial charge in [-0.05, 0) is 44.6 Å². The number of aliphatic hydroxyl groups is 1. The molecule has 3 nitrogen and oxygen atoms in total. The summed E-state index contributed by atoms with van der Waals surface area (Å²) in [6, 6.07) is 0. The second-order valence-electron chi connectivity index (χ2n) is 4.71. The summed E-state index contributed by atoms with van der Waals surface area (Å²) in [6.07, 6.45) is 5.64. The van der Waals surface area contributed by atoms with Gasteiger partial charge in [-0.25, -0.2) is 0 Å². The Morgan fingerprint density at radius 2 is 2.07 bits per heavy atom. The highest BCUT2D eigenvalue weighted by Gasteiger charge is 2.39. The van der Waals surface area contributed by atoms with Crippen molar-refractivity contribution in [2.75, 3.05) is 19.7 Å². The normalized spacial score (nSPS) is 31.5. The number of rotatable bonds is 7. The largest absolute Gasteiger partial charge is 0.396 e. The van der Waals surface area contributed by atoms with E-state index in [0.29, 0.717) is 6.61 Å². The van der Waals surface area contributed by atoms with Crippen LogP contribution in [0.15, 0.2) is 0 Å². The fraction of sp³-hybridized carbons (Fsp3) is 1.00. The first kappa shape index (κ1) is 12.0. The Balaban J connectivity index is 2.04. The van der Waals surface area contributed by atoms with E-state index in [4.69, 9.17) is 10.8 Å². The highest BCUT2D eigenvalue weighted by molar-refractivity contribution is 5.00. The van der Waals surface area contributed by atoms with E-state index in [2.05, 4.69) is 12.2 Å². The lowest BCUT2D eigenvalue weighted by Gasteiger charge is -2.46. The average Bonchev–Trinajstić information content (AvgIpc) is 2.14. The van der Waals surface area contributed by atoms with Gasteiger partial charge in [-0.1, -0.05) is 6.92 Å². The number of unbranched alkanes of at least 4 members (excludes halogenated alkanes) is 2. The topological polar surface area (TPSA) is 58.3 Å². The van der Waals surface area contributed by atoms with Gasteiger partial charge < -0.3 is 16.2 Å². The number of hydrogen-bond acceptors (Lipinski definition) is 3. The predicted octanol–water partition coefficient (Wildman–Crippen LogP) is 0.866. The molecule has 0 aromatic carbocycles. The minimum Gasteiger partial charge on any atom is -0.396 e. The molecule has 0 aromatic heterocycles. The number of hydrogen-bond donors (Lipinski definition) is 3. The summed E-state index contributed by atoms with van der Waals surface area (Å²) >= 11 is 0. The maximum absolute atomic E-state index is 8.62. The minimum atomic E-state index is 0.249. The van der Waals surface area contributed by atoms with Gasteiger partial charge in [0, 0.05) is 18.7 Å². The summed E-state index contributed by atoms with van der Waals surface area (Å²) in [5, 5.41) is 12.2. The van der Waals surface area contributed by atoms with Crippen LogP contribution in [-0.2, 0) is 0 Å². The van der Waals surface area contributed by atoms with Gasteiger partial charge in [0.15, 0.2) is 0 Å². The lowest BCUT2D eigenvalue weighted by Crippen LogP contribution is -2.59. The lowest BCUT2D eigenvalue weighted by atomic mass is 9.69. The molecule has 0 atom stereocenters. The molecule has 0 aromatic rings. The second kappa shape index (κ2) is 5.69. The zero-order valence-electron chi connectivity index (χ0n) is 9.26. The van der Waals surface area contributed by atoms with Crippen LogP contribution in [-0.4, -0.2) is 30.3 Å². The summed E-state index contributed by atoms with van der Waals surface area (Å²) < 4.78 is 0. The molecule has 0 unspecified atom stereocenters. The Kier molecular flexibility index (Phi) is 4.85. The molecule has 4 N–H and O–H groups in total. The third kappa shape index (κ3) is 3.23. The minimum absolute atomic E-state index is 0.249. The Labute approximate surface area is 87.1 Å². The Bertz CT molecular complexity index is 155. The fourth-order valence-electron chi connectivity index (χ4n) is 2.42. The Morgan fingerprint density at radius 1 is 1.36 bits per heavy atom. The second-order valence-corrected chi connectivity index (χ2v) is 4.71. The molecule has 1 saturated carbocycles. The highest BCUT2D eigenvalue weighted by atomic mass is 16.2. The van der Waals surface area contributed by atoms with Crippen LogP contribution in [0.3, 0.4) is 0 Å². The zero-order chi connectivity index (χ0) is 10.4. The van der Waals surface area contributed by atoms with E-state index in [1.165, 1.54) is 12.8 Å². The standard InChI is InChI=1S/C11H24N2O/c1-10-7-11(8-10,9-12)13-5-3-2-4-6-14/h10,13-14H,2-9,12H2,1H3. The third-order valence-electron chi connectivity index (χ3n) is 3.20.